The van der Waals surface area contributed by atoms with Gasteiger partial charge in [0.05, 0.1) is 10.5 Å². The standard InChI is InChI=1S/C18H23NO3S/c1-3-4-5-7-12-19-13-8-6-9-18(19)17-14-16(23(20,21)22)11-10-15(17)2/h6,8-11,13-14H,3-5,7,12H2,1-2H3/p+1. The second kappa shape index (κ2) is 7.70. The van der Waals surface area contributed by atoms with Gasteiger partial charge >= 0.3 is 0 Å². The molecule has 0 aliphatic rings. The lowest BCUT2D eigenvalue weighted by Gasteiger charge is -2.08. The van der Waals surface area contributed by atoms with E-state index in [1.54, 1.807) is 12.1 Å². The number of benzene rings is 1. The summed E-state index contributed by atoms with van der Waals surface area (Å²) in [5, 5.41) is 0. The first kappa shape index (κ1) is 17.6. The Hall–Kier alpha value is -1.72. The lowest BCUT2D eigenvalue weighted by Crippen LogP contribution is -2.35. The monoisotopic (exact) mass is 334 g/mol. The average Bonchev–Trinajstić information content (AvgIpc) is 2.51. The van der Waals surface area contributed by atoms with E-state index in [0.29, 0.717) is 0 Å². The summed E-state index contributed by atoms with van der Waals surface area (Å²) in [6, 6.07) is 10.6. The minimum absolute atomic E-state index is 0.0699. The Morgan fingerprint density at radius 2 is 1.87 bits per heavy atom. The van der Waals surface area contributed by atoms with Crippen LogP contribution in [0.1, 0.15) is 38.2 Å². The van der Waals surface area contributed by atoms with Crippen molar-refractivity contribution in [2.75, 3.05) is 0 Å². The van der Waals surface area contributed by atoms with Crippen LogP contribution in [0.2, 0.25) is 0 Å². The topological polar surface area (TPSA) is 58.2 Å². The summed E-state index contributed by atoms with van der Waals surface area (Å²) in [5.74, 6) is 0. The first-order valence-corrected chi connectivity index (χ1v) is 9.44. The van der Waals surface area contributed by atoms with Gasteiger partial charge in [-0.15, -0.1) is 0 Å². The molecule has 0 fully saturated rings. The summed E-state index contributed by atoms with van der Waals surface area (Å²) in [7, 11) is -4.20. The van der Waals surface area contributed by atoms with Crippen molar-refractivity contribution >= 4 is 10.1 Å². The van der Waals surface area contributed by atoms with Crippen LogP contribution in [0.15, 0.2) is 47.5 Å². The van der Waals surface area contributed by atoms with Crippen molar-refractivity contribution < 1.29 is 17.5 Å². The van der Waals surface area contributed by atoms with Gasteiger partial charge in [-0.05, 0) is 37.1 Å². The normalized spacial score (nSPS) is 11.6. The number of aromatic nitrogens is 1. The van der Waals surface area contributed by atoms with Gasteiger partial charge in [0.25, 0.3) is 10.1 Å². The largest absolute Gasteiger partial charge is 0.294 e. The Labute approximate surface area is 138 Å². The molecule has 0 radical (unpaired) electrons. The first-order chi connectivity index (χ1) is 10.9. The Balaban J connectivity index is 2.38. The lowest BCUT2D eigenvalue weighted by molar-refractivity contribution is -0.686. The molecule has 1 aromatic carbocycles. The number of pyridine rings is 1. The minimum Gasteiger partial charge on any atom is -0.282 e. The maximum absolute atomic E-state index is 11.4. The number of hydrogen-bond donors (Lipinski definition) is 1. The molecule has 0 aliphatic carbocycles. The molecule has 2 aromatic rings. The van der Waals surface area contributed by atoms with Crippen LogP contribution >= 0.6 is 0 Å². The molecule has 1 aromatic heterocycles. The van der Waals surface area contributed by atoms with Crippen molar-refractivity contribution in [2.24, 2.45) is 0 Å². The lowest BCUT2D eigenvalue weighted by atomic mass is 10.0. The molecule has 0 saturated carbocycles. The van der Waals surface area contributed by atoms with Crippen LogP contribution in [0.5, 0.6) is 0 Å². The second-order valence-electron chi connectivity index (χ2n) is 5.79. The third-order valence-corrected chi connectivity index (χ3v) is 4.83. The van der Waals surface area contributed by atoms with Gasteiger partial charge in [0, 0.05) is 18.6 Å². The van der Waals surface area contributed by atoms with Crippen LogP contribution in [-0.4, -0.2) is 13.0 Å². The zero-order valence-corrected chi connectivity index (χ0v) is 14.5. The number of nitrogens with zero attached hydrogens (tertiary/aromatic N) is 1. The molecular weight excluding hydrogens is 310 g/mol. The number of rotatable bonds is 7. The van der Waals surface area contributed by atoms with Crippen molar-refractivity contribution in [3.63, 3.8) is 0 Å². The van der Waals surface area contributed by atoms with Crippen LogP contribution in [0.25, 0.3) is 11.3 Å². The fraction of sp³-hybridized carbons (Fsp3) is 0.389. The molecule has 1 N–H and O–H groups in total. The average molecular weight is 334 g/mol. The number of unbranched alkanes of at least 4 members (excludes halogenated alkanes) is 3. The third kappa shape index (κ3) is 4.62. The van der Waals surface area contributed by atoms with Crippen molar-refractivity contribution in [2.45, 2.75) is 51.0 Å². The van der Waals surface area contributed by atoms with E-state index in [-0.39, 0.29) is 4.90 Å². The Bertz CT molecular complexity index is 770. The second-order valence-corrected chi connectivity index (χ2v) is 7.21. The summed E-state index contributed by atoms with van der Waals surface area (Å²) in [4.78, 5) is -0.0699. The predicted molar refractivity (Wildman–Crippen MR) is 90.8 cm³/mol. The molecule has 0 aliphatic heterocycles. The van der Waals surface area contributed by atoms with Gasteiger partial charge in [-0.25, -0.2) is 0 Å². The summed E-state index contributed by atoms with van der Waals surface area (Å²) in [6.07, 6.45) is 6.71. The Kier molecular flexibility index (Phi) is 5.91. The van der Waals surface area contributed by atoms with E-state index in [4.69, 9.17) is 0 Å². The van der Waals surface area contributed by atoms with E-state index in [1.807, 2.05) is 31.3 Å². The maximum Gasteiger partial charge on any atom is 0.294 e. The SMILES string of the molecule is CCCCCC[n+]1ccccc1-c1cc(S(=O)(=O)O)ccc1C. The van der Waals surface area contributed by atoms with Gasteiger partial charge in [0.1, 0.15) is 6.54 Å². The number of aryl methyl sites for hydroxylation is 2. The molecule has 23 heavy (non-hydrogen) atoms. The molecule has 0 unspecified atom stereocenters. The molecule has 4 nitrogen and oxygen atoms in total. The predicted octanol–water partition coefficient (Wildman–Crippen LogP) is 3.78. The molecule has 1 heterocycles. The molecule has 5 heteroatoms. The maximum atomic E-state index is 11.4. The quantitative estimate of drug-likeness (QED) is 0.476. The van der Waals surface area contributed by atoms with Gasteiger partial charge in [0.15, 0.2) is 6.20 Å². The molecule has 2 rings (SSSR count). The fourth-order valence-electron chi connectivity index (χ4n) is 2.66. The smallest absolute Gasteiger partial charge is 0.282 e. The third-order valence-electron chi connectivity index (χ3n) is 3.98. The van der Waals surface area contributed by atoms with Crippen LogP contribution in [0, 0.1) is 6.92 Å². The van der Waals surface area contributed by atoms with Crippen molar-refractivity contribution in [3.8, 4) is 11.3 Å². The summed E-state index contributed by atoms with van der Waals surface area (Å²) in [5.41, 5.74) is 2.77. The highest BCUT2D eigenvalue weighted by atomic mass is 32.2. The Morgan fingerprint density at radius 3 is 2.57 bits per heavy atom. The van der Waals surface area contributed by atoms with Gasteiger partial charge in [-0.3, -0.25) is 4.55 Å². The van der Waals surface area contributed by atoms with Crippen molar-refractivity contribution in [1.82, 2.24) is 0 Å². The van der Waals surface area contributed by atoms with Crippen LogP contribution < -0.4 is 4.57 Å². The highest BCUT2D eigenvalue weighted by molar-refractivity contribution is 7.85. The van der Waals surface area contributed by atoms with Crippen LogP contribution in [0.4, 0.5) is 0 Å². The molecule has 0 amide bonds. The van der Waals surface area contributed by atoms with Crippen LogP contribution in [0.3, 0.4) is 0 Å². The highest BCUT2D eigenvalue weighted by Gasteiger charge is 2.18. The van der Waals surface area contributed by atoms with E-state index in [2.05, 4.69) is 11.5 Å². The van der Waals surface area contributed by atoms with Gasteiger partial charge < -0.3 is 0 Å². The van der Waals surface area contributed by atoms with E-state index in [1.165, 1.54) is 25.3 Å². The van der Waals surface area contributed by atoms with Gasteiger partial charge in [-0.2, -0.15) is 13.0 Å². The van der Waals surface area contributed by atoms with Gasteiger partial charge in [0.2, 0.25) is 5.69 Å². The molecule has 0 atom stereocenters. The Morgan fingerprint density at radius 1 is 1.09 bits per heavy atom. The van der Waals surface area contributed by atoms with Gasteiger partial charge in [-0.1, -0.05) is 25.8 Å². The summed E-state index contributed by atoms with van der Waals surface area (Å²) >= 11 is 0. The van der Waals surface area contributed by atoms with Crippen molar-refractivity contribution in [3.05, 3.63) is 48.2 Å². The van der Waals surface area contributed by atoms with E-state index in [0.717, 1.165) is 29.8 Å². The number of hydrogen-bond acceptors (Lipinski definition) is 2. The zero-order valence-electron chi connectivity index (χ0n) is 13.7. The summed E-state index contributed by atoms with van der Waals surface area (Å²) < 4.78 is 34.2. The first-order valence-electron chi connectivity index (χ1n) is 8.00. The fourth-order valence-corrected chi connectivity index (χ4v) is 3.17. The minimum atomic E-state index is -4.20. The highest BCUT2D eigenvalue weighted by Crippen LogP contribution is 2.24. The summed E-state index contributed by atoms with van der Waals surface area (Å²) in [6.45, 7) is 5.02. The molecular formula is C18H24NO3S+. The van der Waals surface area contributed by atoms with Crippen LogP contribution in [-0.2, 0) is 16.7 Å². The molecule has 0 spiro atoms. The molecule has 0 bridgehead atoms. The van der Waals surface area contributed by atoms with E-state index < -0.39 is 10.1 Å². The van der Waals surface area contributed by atoms with Crippen molar-refractivity contribution in [1.29, 1.82) is 0 Å². The zero-order chi connectivity index (χ0) is 16.9. The van der Waals surface area contributed by atoms with E-state index in [9.17, 15) is 13.0 Å². The molecule has 124 valence electrons. The molecule has 0 saturated heterocycles. The van der Waals surface area contributed by atoms with E-state index >= 15 is 0 Å².